The van der Waals surface area contributed by atoms with E-state index in [0.29, 0.717) is 35.2 Å². The van der Waals surface area contributed by atoms with Gasteiger partial charge in [-0.1, -0.05) is 0 Å². The number of amides is 1. The quantitative estimate of drug-likeness (QED) is 0.758. The van der Waals surface area contributed by atoms with E-state index in [2.05, 4.69) is 10.6 Å². The first-order chi connectivity index (χ1) is 12.4. The van der Waals surface area contributed by atoms with Gasteiger partial charge in [0.1, 0.15) is 5.58 Å². The predicted molar refractivity (Wildman–Crippen MR) is 97.0 cm³/mol. The van der Waals surface area contributed by atoms with Gasteiger partial charge in [0, 0.05) is 35.8 Å². The van der Waals surface area contributed by atoms with Gasteiger partial charge < -0.3 is 14.5 Å². The van der Waals surface area contributed by atoms with E-state index in [1.54, 1.807) is 25.1 Å². The summed E-state index contributed by atoms with van der Waals surface area (Å²) in [4.78, 5) is 23.3. The minimum Gasteiger partial charge on any atom is -0.450 e. The van der Waals surface area contributed by atoms with Crippen LogP contribution in [0.1, 0.15) is 18.9 Å². The summed E-state index contributed by atoms with van der Waals surface area (Å²) in [5.74, 6) is 0.297. The van der Waals surface area contributed by atoms with Crippen molar-refractivity contribution in [2.24, 2.45) is 0 Å². The second-order valence-electron chi connectivity index (χ2n) is 6.13. The fourth-order valence-electron chi connectivity index (χ4n) is 2.95. The standard InChI is InChI=1S/C17H20N2O6S/c1-2-24-17(21)19-12-3-4-14-11(7-16(20)25-15(14)8-12)9-18-13-5-6-26(22,23)10-13/h3-4,7-8,13,18H,2,5-6,9-10H2,1H3,(H,19,21)/t13-/m0/s1. The second-order valence-corrected chi connectivity index (χ2v) is 8.36. The number of rotatable bonds is 5. The number of hydrogen-bond donors (Lipinski definition) is 2. The van der Waals surface area contributed by atoms with Crippen molar-refractivity contribution < 1.29 is 22.4 Å². The van der Waals surface area contributed by atoms with Crippen LogP contribution in [0.2, 0.25) is 0 Å². The highest BCUT2D eigenvalue weighted by Gasteiger charge is 2.27. The molecule has 1 aliphatic heterocycles. The number of nitrogens with one attached hydrogen (secondary N) is 2. The number of anilines is 1. The lowest BCUT2D eigenvalue weighted by Crippen LogP contribution is -2.29. The van der Waals surface area contributed by atoms with Crippen LogP contribution in [0.5, 0.6) is 0 Å². The van der Waals surface area contributed by atoms with Crippen LogP contribution in [0.3, 0.4) is 0 Å². The van der Waals surface area contributed by atoms with Gasteiger partial charge in [-0.3, -0.25) is 5.32 Å². The predicted octanol–water partition coefficient (Wildman–Crippen LogP) is 1.64. The SMILES string of the molecule is CCOC(=O)Nc1ccc2c(CN[C@H]3CCS(=O)(=O)C3)cc(=O)oc2c1. The van der Waals surface area contributed by atoms with E-state index in [1.807, 2.05) is 0 Å². The van der Waals surface area contributed by atoms with Crippen molar-refractivity contribution in [3.05, 3.63) is 40.2 Å². The molecule has 2 heterocycles. The number of hydrogen-bond acceptors (Lipinski definition) is 7. The summed E-state index contributed by atoms with van der Waals surface area (Å²) in [6, 6.07) is 6.24. The third kappa shape index (κ3) is 4.41. The van der Waals surface area contributed by atoms with Crippen molar-refractivity contribution in [1.82, 2.24) is 5.32 Å². The van der Waals surface area contributed by atoms with Gasteiger partial charge in [-0.25, -0.2) is 18.0 Å². The third-order valence-corrected chi connectivity index (χ3v) is 5.93. The van der Waals surface area contributed by atoms with Crippen molar-refractivity contribution >= 4 is 32.6 Å². The Morgan fingerprint density at radius 2 is 2.15 bits per heavy atom. The largest absolute Gasteiger partial charge is 0.450 e. The zero-order valence-corrected chi connectivity index (χ0v) is 15.1. The molecule has 0 bridgehead atoms. The van der Waals surface area contributed by atoms with Crippen molar-refractivity contribution in [1.29, 1.82) is 0 Å². The van der Waals surface area contributed by atoms with Crippen LogP contribution >= 0.6 is 0 Å². The van der Waals surface area contributed by atoms with Gasteiger partial charge in [0.15, 0.2) is 9.84 Å². The molecule has 1 atom stereocenters. The molecule has 1 fully saturated rings. The number of sulfone groups is 1. The summed E-state index contributed by atoms with van der Waals surface area (Å²) in [6.07, 6.45) is -0.0237. The summed E-state index contributed by atoms with van der Waals surface area (Å²) < 4.78 is 33.1. The number of ether oxygens (including phenoxy) is 1. The van der Waals surface area contributed by atoms with Crippen LogP contribution in [0.15, 0.2) is 33.5 Å². The molecule has 0 unspecified atom stereocenters. The lowest BCUT2D eigenvalue weighted by atomic mass is 10.1. The molecule has 2 aromatic rings. The van der Waals surface area contributed by atoms with Gasteiger partial charge in [-0.05, 0) is 31.0 Å². The summed E-state index contributed by atoms with van der Waals surface area (Å²) >= 11 is 0. The highest BCUT2D eigenvalue weighted by molar-refractivity contribution is 7.91. The minimum atomic E-state index is -2.97. The van der Waals surface area contributed by atoms with E-state index in [1.165, 1.54) is 6.07 Å². The topological polar surface area (TPSA) is 115 Å². The molecule has 1 amide bonds. The first-order valence-electron chi connectivity index (χ1n) is 8.30. The number of benzene rings is 1. The Morgan fingerprint density at radius 1 is 1.35 bits per heavy atom. The van der Waals surface area contributed by atoms with Crippen LogP contribution in [-0.2, 0) is 21.1 Å². The summed E-state index contributed by atoms with van der Waals surface area (Å²) in [5, 5.41) is 6.46. The van der Waals surface area contributed by atoms with E-state index >= 15 is 0 Å². The van der Waals surface area contributed by atoms with Gasteiger partial charge in [-0.2, -0.15) is 0 Å². The maximum Gasteiger partial charge on any atom is 0.411 e. The normalized spacial score (nSPS) is 18.7. The molecule has 8 nitrogen and oxygen atoms in total. The highest BCUT2D eigenvalue weighted by Crippen LogP contribution is 2.22. The third-order valence-electron chi connectivity index (χ3n) is 4.17. The molecular formula is C17H20N2O6S. The second kappa shape index (κ2) is 7.46. The Hall–Kier alpha value is -2.39. The maximum absolute atomic E-state index is 11.8. The van der Waals surface area contributed by atoms with E-state index in [9.17, 15) is 18.0 Å². The molecule has 140 valence electrons. The van der Waals surface area contributed by atoms with Crippen LogP contribution in [-0.4, -0.2) is 38.7 Å². The lowest BCUT2D eigenvalue weighted by Gasteiger charge is -2.12. The summed E-state index contributed by atoms with van der Waals surface area (Å²) in [7, 11) is -2.97. The maximum atomic E-state index is 11.8. The molecule has 9 heteroatoms. The zero-order chi connectivity index (χ0) is 18.7. The van der Waals surface area contributed by atoms with Crippen molar-refractivity contribution in [3.63, 3.8) is 0 Å². The fraction of sp³-hybridized carbons (Fsp3) is 0.412. The van der Waals surface area contributed by atoms with Crippen molar-refractivity contribution in [3.8, 4) is 0 Å². The van der Waals surface area contributed by atoms with Crippen LogP contribution in [0.25, 0.3) is 11.0 Å². The Morgan fingerprint density at radius 3 is 2.85 bits per heavy atom. The average molecular weight is 380 g/mol. The molecule has 1 aromatic carbocycles. The van der Waals surface area contributed by atoms with Gasteiger partial charge in [0.2, 0.25) is 0 Å². The van der Waals surface area contributed by atoms with Crippen LogP contribution in [0, 0.1) is 0 Å². The van der Waals surface area contributed by atoms with E-state index in [0.717, 1.165) is 0 Å². The molecule has 26 heavy (non-hydrogen) atoms. The smallest absolute Gasteiger partial charge is 0.411 e. The molecule has 2 N–H and O–H groups in total. The highest BCUT2D eigenvalue weighted by atomic mass is 32.2. The molecule has 1 saturated heterocycles. The Labute approximate surface area is 150 Å². The van der Waals surface area contributed by atoms with Gasteiger partial charge in [0.25, 0.3) is 0 Å². The molecule has 1 aromatic heterocycles. The Balaban J connectivity index is 1.80. The van der Waals surface area contributed by atoms with Crippen molar-refractivity contribution in [2.75, 3.05) is 23.4 Å². The lowest BCUT2D eigenvalue weighted by molar-refractivity contribution is 0.168. The van der Waals surface area contributed by atoms with Crippen LogP contribution < -0.4 is 16.3 Å². The average Bonchev–Trinajstić information content (AvgIpc) is 2.91. The molecule has 0 saturated carbocycles. The molecule has 3 rings (SSSR count). The van der Waals surface area contributed by atoms with E-state index in [-0.39, 0.29) is 24.2 Å². The number of carbonyl (C=O) groups excluding carboxylic acids is 1. The minimum absolute atomic E-state index is 0.111. The van der Waals surface area contributed by atoms with Crippen molar-refractivity contribution in [2.45, 2.75) is 25.9 Å². The number of fused-ring (bicyclic) bond motifs is 1. The number of carbonyl (C=O) groups is 1. The molecule has 0 aliphatic carbocycles. The summed E-state index contributed by atoms with van der Waals surface area (Å²) in [6.45, 7) is 2.31. The van der Waals surface area contributed by atoms with E-state index in [4.69, 9.17) is 9.15 Å². The fourth-order valence-corrected chi connectivity index (χ4v) is 4.66. The van der Waals surface area contributed by atoms with Crippen LogP contribution in [0.4, 0.5) is 10.5 Å². The Kier molecular flexibility index (Phi) is 5.28. The van der Waals surface area contributed by atoms with Gasteiger partial charge in [-0.15, -0.1) is 0 Å². The zero-order valence-electron chi connectivity index (χ0n) is 14.3. The monoisotopic (exact) mass is 380 g/mol. The molecule has 0 spiro atoms. The van der Waals surface area contributed by atoms with Gasteiger partial charge in [0.05, 0.1) is 18.1 Å². The molecule has 0 radical (unpaired) electrons. The van der Waals surface area contributed by atoms with Gasteiger partial charge >= 0.3 is 11.7 Å². The molecule has 1 aliphatic rings. The Bertz CT molecular complexity index is 982. The first kappa shape index (κ1) is 18.4. The first-order valence-corrected chi connectivity index (χ1v) is 10.1. The van der Waals surface area contributed by atoms with E-state index < -0.39 is 21.6 Å². The molecular weight excluding hydrogens is 360 g/mol. The summed E-state index contributed by atoms with van der Waals surface area (Å²) in [5.41, 5.74) is 0.985.